The molecule has 1 aliphatic rings. The highest BCUT2D eigenvalue weighted by molar-refractivity contribution is 5.77. The first-order chi connectivity index (χ1) is 9.09. The number of likely N-dealkylation sites (tertiary alicyclic amines) is 1. The van der Waals surface area contributed by atoms with Gasteiger partial charge in [-0.15, -0.1) is 0 Å². The van der Waals surface area contributed by atoms with E-state index in [1.54, 1.807) is 0 Å². The van der Waals surface area contributed by atoms with E-state index in [0.29, 0.717) is 25.9 Å². The third-order valence-corrected chi connectivity index (χ3v) is 3.20. The van der Waals surface area contributed by atoms with Crippen LogP contribution in [0.25, 0.3) is 0 Å². The molecule has 0 unspecified atom stereocenters. The lowest BCUT2D eigenvalue weighted by Crippen LogP contribution is -2.37. The quantitative estimate of drug-likeness (QED) is 0.675. The minimum absolute atomic E-state index is 0.0601. The van der Waals surface area contributed by atoms with Crippen LogP contribution in [-0.4, -0.2) is 48.9 Å². The molecule has 2 amide bonds. The second-order valence-corrected chi connectivity index (χ2v) is 5.41. The first kappa shape index (κ1) is 16.0. The highest BCUT2D eigenvalue weighted by atomic mass is 16.2. The van der Waals surface area contributed by atoms with Crippen molar-refractivity contribution in [3.05, 3.63) is 0 Å². The lowest BCUT2D eigenvalue weighted by atomic mass is 10.1. The van der Waals surface area contributed by atoms with Crippen LogP contribution in [-0.2, 0) is 9.59 Å². The van der Waals surface area contributed by atoms with Gasteiger partial charge in [-0.3, -0.25) is 9.59 Å². The molecule has 1 aliphatic heterocycles. The van der Waals surface area contributed by atoms with Crippen LogP contribution in [0.2, 0.25) is 0 Å². The number of nitrogens with one attached hydrogen (secondary N) is 2. The average Bonchev–Trinajstić information content (AvgIpc) is 2.38. The summed E-state index contributed by atoms with van der Waals surface area (Å²) in [6.45, 7) is 7.01. The zero-order chi connectivity index (χ0) is 14.1. The van der Waals surface area contributed by atoms with Crippen molar-refractivity contribution in [2.45, 2.75) is 52.0 Å². The predicted octanol–water partition coefficient (Wildman–Crippen LogP) is 0.893. The van der Waals surface area contributed by atoms with Gasteiger partial charge in [0.25, 0.3) is 0 Å². The van der Waals surface area contributed by atoms with Gasteiger partial charge in [0.05, 0.1) is 0 Å². The van der Waals surface area contributed by atoms with Gasteiger partial charge in [-0.1, -0.05) is 0 Å². The number of carbonyl (C=O) groups is 2. The number of nitrogens with zero attached hydrogens (tertiary/aromatic N) is 1. The van der Waals surface area contributed by atoms with Gasteiger partial charge >= 0.3 is 0 Å². The zero-order valence-electron chi connectivity index (χ0n) is 12.2. The Labute approximate surface area is 116 Å². The molecule has 0 bridgehead atoms. The van der Waals surface area contributed by atoms with Gasteiger partial charge in [0, 0.05) is 45.1 Å². The van der Waals surface area contributed by atoms with Gasteiger partial charge < -0.3 is 15.5 Å². The van der Waals surface area contributed by atoms with Crippen molar-refractivity contribution in [2.75, 3.05) is 26.2 Å². The Balaban J connectivity index is 2.01. The van der Waals surface area contributed by atoms with E-state index in [1.807, 2.05) is 18.7 Å². The summed E-state index contributed by atoms with van der Waals surface area (Å²) in [7, 11) is 0. The molecule has 0 aromatic rings. The number of piperidine rings is 1. The predicted molar refractivity (Wildman–Crippen MR) is 75.8 cm³/mol. The summed E-state index contributed by atoms with van der Waals surface area (Å²) in [5, 5.41) is 5.99. The minimum Gasteiger partial charge on any atom is -0.354 e. The van der Waals surface area contributed by atoms with Crippen molar-refractivity contribution < 1.29 is 9.59 Å². The van der Waals surface area contributed by atoms with Gasteiger partial charge in [0.1, 0.15) is 0 Å². The Morgan fingerprint density at radius 2 is 1.68 bits per heavy atom. The summed E-state index contributed by atoms with van der Waals surface area (Å²) in [6, 6.07) is 0.188. The summed E-state index contributed by atoms with van der Waals surface area (Å²) < 4.78 is 0. The van der Waals surface area contributed by atoms with E-state index in [9.17, 15) is 9.59 Å². The molecule has 0 spiro atoms. The SMILES string of the molecule is CC(C)NC(=O)CCNCCC(=O)N1CCCCC1. The molecule has 0 atom stereocenters. The topological polar surface area (TPSA) is 61.4 Å². The second-order valence-electron chi connectivity index (χ2n) is 5.41. The number of rotatable bonds is 7. The molecule has 0 aromatic carbocycles. The van der Waals surface area contributed by atoms with Crippen LogP contribution in [0.5, 0.6) is 0 Å². The number of hydrogen-bond acceptors (Lipinski definition) is 3. The molecule has 110 valence electrons. The number of carbonyl (C=O) groups excluding carboxylic acids is 2. The zero-order valence-corrected chi connectivity index (χ0v) is 12.2. The Kier molecular flexibility index (Phi) is 7.48. The van der Waals surface area contributed by atoms with Crippen molar-refractivity contribution in [1.82, 2.24) is 15.5 Å². The van der Waals surface area contributed by atoms with E-state index in [0.717, 1.165) is 25.9 Å². The first-order valence-electron chi connectivity index (χ1n) is 7.37. The fourth-order valence-electron chi connectivity index (χ4n) is 2.22. The molecule has 0 aromatic heterocycles. The van der Waals surface area contributed by atoms with E-state index in [-0.39, 0.29) is 17.9 Å². The largest absolute Gasteiger partial charge is 0.354 e. The van der Waals surface area contributed by atoms with Crippen LogP contribution in [0, 0.1) is 0 Å². The monoisotopic (exact) mass is 269 g/mol. The van der Waals surface area contributed by atoms with Crippen molar-refractivity contribution in [1.29, 1.82) is 0 Å². The van der Waals surface area contributed by atoms with Crippen LogP contribution in [0.15, 0.2) is 0 Å². The molecule has 1 fully saturated rings. The Morgan fingerprint density at radius 1 is 1.05 bits per heavy atom. The summed E-state index contributed by atoms with van der Waals surface area (Å²) >= 11 is 0. The maximum Gasteiger partial charge on any atom is 0.223 e. The minimum atomic E-state index is 0.0601. The lowest BCUT2D eigenvalue weighted by Gasteiger charge is -2.26. The highest BCUT2D eigenvalue weighted by Gasteiger charge is 2.15. The molecule has 5 heteroatoms. The van der Waals surface area contributed by atoms with Crippen LogP contribution in [0.3, 0.4) is 0 Å². The van der Waals surface area contributed by atoms with E-state index in [2.05, 4.69) is 10.6 Å². The van der Waals surface area contributed by atoms with Crippen LogP contribution in [0.4, 0.5) is 0 Å². The van der Waals surface area contributed by atoms with Crippen molar-refractivity contribution in [3.63, 3.8) is 0 Å². The average molecular weight is 269 g/mol. The summed E-state index contributed by atoms with van der Waals surface area (Å²) in [6.07, 6.45) is 4.51. The van der Waals surface area contributed by atoms with Gasteiger partial charge in [-0.2, -0.15) is 0 Å². The third kappa shape index (κ3) is 7.15. The standard InChI is InChI=1S/C14H27N3O2/c1-12(2)16-13(18)6-8-15-9-7-14(19)17-10-4-3-5-11-17/h12,15H,3-11H2,1-2H3,(H,16,18). The molecule has 1 saturated heterocycles. The highest BCUT2D eigenvalue weighted by Crippen LogP contribution is 2.09. The summed E-state index contributed by atoms with van der Waals surface area (Å²) in [4.78, 5) is 25.2. The van der Waals surface area contributed by atoms with Crippen LogP contribution >= 0.6 is 0 Å². The first-order valence-corrected chi connectivity index (χ1v) is 7.37. The molecular formula is C14H27N3O2. The molecule has 0 saturated carbocycles. The lowest BCUT2D eigenvalue weighted by molar-refractivity contribution is -0.131. The van der Waals surface area contributed by atoms with Crippen LogP contribution in [0.1, 0.15) is 46.0 Å². The third-order valence-electron chi connectivity index (χ3n) is 3.20. The maximum absolute atomic E-state index is 11.8. The molecule has 19 heavy (non-hydrogen) atoms. The molecule has 0 radical (unpaired) electrons. The van der Waals surface area contributed by atoms with Gasteiger partial charge in [0.15, 0.2) is 0 Å². The summed E-state index contributed by atoms with van der Waals surface area (Å²) in [5.74, 6) is 0.295. The Bertz CT molecular complexity index is 286. The molecule has 1 rings (SSSR count). The Hall–Kier alpha value is -1.10. The molecule has 5 nitrogen and oxygen atoms in total. The van der Waals surface area contributed by atoms with Crippen LogP contribution < -0.4 is 10.6 Å². The number of amides is 2. The number of hydrogen-bond donors (Lipinski definition) is 2. The van der Waals surface area contributed by atoms with Crippen molar-refractivity contribution >= 4 is 11.8 Å². The van der Waals surface area contributed by atoms with Gasteiger partial charge in [-0.05, 0) is 33.1 Å². The molecular weight excluding hydrogens is 242 g/mol. The van der Waals surface area contributed by atoms with E-state index in [4.69, 9.17) is 0 Å². The smallest absolute Gasteiger partial charge is 0.223 e. The fraction of sp³-hybridized carbons (Fsp3) is 0.857. The van der Waals surface area contributed by atoms with E-state index < -0.39 is 0 Å². The molecule has 1 heterocycles. The van der Waals surface area contributed by atoms with Gasteiger partial charge in [0.2, 0.25) is 11.8 Å². The van der Waals surface area contributed by atoms with E-state index in [1.165, 1.54) is 6.42 Å². The normalized spacial score (nSPS) is 15.6. The van der Waals surface area contributed by atoms with E-state index >= 15 is 0 Å². The maximum atomic E-state index is 11.8. The second kappa shape index (κ2) is 8.91. The Morgan fingerprint density at radius 3 is 2.32 bits per heavy atom. The van der Waals surface area contributed by atoms with Crippen molar-refractivity contribution in [3.8, 4) is 0 Å². The molecule has 0 aliphatic carbocycles. The summed E-state index contributed by atoms with van der Waals surface area (Å²) in [5.41, 5.74) is 0. The fourth-order valence-corrected chi connectivity index (χ4v) is 2.22. The molecule has 2 N–H and O–H groups in total. The van der Waals surface area contributed by atoms with Crippen molar-refractivity contribution in [2.24, 2.45) is 0 Å². The van der Waals surface area contributed by atoms with Gasteiger partial charge in [-0.25, -0.2) is 0 Å².